The van der Waals surface area contributed by atoms with Crippen LogP contribution >= 0.6 is 0 Å². The van der Waals surface area contributed by atoms with E-state index in [1.807, 2.05) is 19.1 Å². The second-order valence-electron chi connectivity index (χ2n) is 5.16. The summed E-state index contributed by atoms with van der Waals surface area (Å²) < 4.78 is 26.2. The monoisotopic (exact) mass is 332 g/mol. The first kappa shape index (κ1) is 17.2. The number of sulfonamides is 1. The van der Waals surface area contributed by atoms with Crippen LogP contribution in [0.1, 0.15) is 12.5 Å². The Labute approximate surface area is 137 Å². The number of carbonyl (C=O) groups is 1. The number of likely N-dealkylation sites (N-methyl/N-ethyl adjacent to an activating group) is 1. The molecule has 0 aliphatic carbocycles. The third-order valence-corrected chi connectivity index (χ3v) is 5.32. The first-order valence-electron chi connectivity index (χ1n) is 7.35. The van der Waals surface area contributed by atoms with Crippen LogP contribution in [0, 0.1) is 6.92 Å². The lowest BCUT2D eigenvalue weighted by Crippen LogP contribution is -2.37. The third-order valence-electron chi connectivity index (χ3n) is 3.39. The quantitative estimate of drug-likeness (QED) is 0.884. The zero-order valence-electron chi connectivity index (χ0n) is 13.2. The lowest BCUT2D eigenvalue weighted by molar-refractivity contribution is -0.116. The molecule has 0 fully saturated rings. The molecular formula is C17H20N2O3S. The van der Waals surface area contributed by atoms with Gasteiger partial charge in [0.15, 0.2) is 0 Å². The molecular weight excluding hydrogens is 312 g/mol. The predicted octanol–water partition coefficient (Wildman–Crippen LogP) is 2.64. The topological polar surface area (TPSA) is 66.5 Å². The van der Waals surface area contributed by atoms with Gasteiger partial charge in [-0.05, 0) is 31.2 Å². The molecule has 2 aromatic rings. The summed E-state index contributed by atoms with van der Waals surface area (Å²) in [7, 11) is -3.67. The minimum Gasteiger partial charge on any atom is -0.325 e. The molecule has 23 heavy (non-hydrogen) atoms. The van der Waals surface area contributed by atoms with Crippen LogP contribution in [0.15, 0.2) is 59.5 Å². The smallest absolute Gasteiger partial charge is 0.243 e. The van der Waals surface area contributed by atoms with Gasteiger partial charge in [0.25, 0.3) is 0 Å². The van der Waals surface area contributed by atoms with Crippen LogP contribution in [0.5, 0.6) is 0 Å². The lowest BCUT2D eigenvalue weighted by atomic mass is 10.2. The molecule has 0 bridgehead atoms. The molecule has 0 saturated carbocycles. The third kappa shape index (κ3) is 4.40. The molecule has 2 aromatic carbocycles. The van der Waals surface area contributed by atoms with Gasteiger partial charge in [0, 0.05) is 12.2 Å². The van der Waals surface area contributed by atoms with E-state index in [1.165, 1.54) is 12.1 Å². The SMILES string of the molecule is CCN(CC(=O)Nc1ccc(C)cc1)S(=O)(=O)c1ccccc1. The minimum atomic E-state index is -3.67. The highest BCUT2D eigenvalue weighted by atomic mass is 32.2. The van der Waals surface area contributed by atoms with E-state index >= 15 is 0 Å². The maximum Gasteiger partial charge on any atom is 0.243 e. The van der Waals surface area contributed by atoms with Crippen LogP contribution in [-0.4, -0.2) is 31.7 Å². The number of amides is 1. The van der Waals surface area contributed by atoms with E-state index in [0.717, 1.165) is 9.87 Å². The summed E-state index contributed by atoms with van der Waals surface area (Å²) in [4.78, 5) is 12.3. The fourth-order valence-corrected chi connectivity index (χ4v) is 3.53. The Bertz CT molecular complexity index is 756. The van der Waals surface area contributed by atoms with Crippen molar-refractivity contribution in [2.24, 2.45) is 0 Å². The number of hydrogen-bond donors (Lipinski definition) is 1. The maximum absolute atomic E-state index is 12.5. The molecule has 0 aliphatic heterocycles. The summed E-state index contributed by atoms with van der Waals surface area (Å²) in [5.74, 6) is -0.366. The average Bonchev–Trinajstić information content (AvgIpc) is 2.55. The van der Waals surface area contributed by atoms with Gasteiger partial charge in [0.1, 0.15) is 0 Å². The molecule has 0 heterocycles. The van der Waals surface area contributed by atoms with E-state index in [2.05, 4.69) is 5.32 Å². The van der Waals surface area contributed by atoms with Crippen LogP contribution < -0.4 is 5.32 Å². The van der Waals surface area contributed by atoms with Gasteiger partial charge in [0.2, 0.25) is 15.9 Å². The van der Waals surface area contributed by atoms with Crippen molar-refractivity contribution in [3.05, 3.63) is 60.2 Å². The molecule has 2 rings (SSSR count). The van der Waals surface area contributed by atoms with Gasteiger partial charge in [-0.3, -0.25) is 4.79 Å². The van der Waals surface area contributed by atoms with Crippen molar-refractivity contribution in [2.45, 2.75) is 18.7 Å². The van der Waals surface area contributed by atoms with E-state index in [-0.39, 0.29) is 23.9 Å². The van der Waals surface area contributed by atoms with Crippen molar-refractivity contribution in [1.82, 2.24) is 4.31 Å². The molecule has 0 aliphatic rings. The summed E-state index contributed by atoms with van der Waals surface area (Å²) in [5, 5.41) is 2.71. The highest BCUT2D eigenvalue weighted by molar-refractivity contribution is 7.89. The van der Waals surface area contributed by atoms with Gasteiger partial charge in [-0.1, -0.05) is 42.8 Å². The van der Waals surface area contributed by atoms with E-state index < -0.39 is 10.0 Å². The number of carbonyl (C=O) groups excluding carboxylic acids is 1. The van der Waals surface area contributed by atoms with Gasteiger partial charge >= 0.3 is 0 Å². The van der Waals surface area contributed by atoms with E-state index in [0.29, 0.717) is 5.69 Å². The number of nitrogens with zero attached hydrogens (tertiary/aromatic N) is 1. The molecule has 0 unspecified atom stereocenters. The first-order valence-corrected chi connectivity index (χ1v) is 8.79. The lowest BCUT2D eigenvalue weighted by Gasteiger charge is -2.20. The Morgan fingerprint density at radius 1 is 1.04 bits per heavy atom. The van der Waals surface area contributed by atoms with E-state index in [9.17, 15) is 13.2 Å². The van der Waals surface area contributed by atoms with Crippen LogP contribution in [0.25, 0.3) is 0 Å². The van der Waals surface area contributed by atoms with Crippen molar-refractivity contribution in [3.8, 4) is 0 Å². The highest BCUT2D eigenvalue weighted by Gasteiger charge is 2.24. The molecule has 0 saturated heterocycles. The number of hydrogen-bond acceptors (Lipinski definition) is 3. The number of benzene rings is 2. The average molecular weight is 332 g/mol. The zero-order valence-corrected chi connectivity index (χ0v) is 14.0. The molecule has 1 amide bonds. The summed E-state index contributed by atoms with van der Waals surface area (Å²) in [6.07, 6.45) is 0. The zero-order chi connectivity index (χ0) is 16.9. The van der Waals surface area contributed by atoms with Crippen molar-refractivity contribution in [3.63, 3.8) is 0 Å². The molecule has 1 N–H and O–H groups in total. The number of rotatable bonds is 6. The summed E-state index contributed by atoms with van der Waals surface area (Å²) in [6, 6.07) is 15.5. The van der Waals surface area contributed by atoms with Crippen LogP contribution in [0.2, 0.25) is 0 Å². The van der Waals surface area contributed by atoms with E-state index in [1.54, 1.807) is 37.3 Å². The second-order valence-corrected chi connectivity index (χ2v) is 7.10. The van der Waals surface area contributed by atoms with Crippen molar-refractivity contribution in [1.29, 1.82) is 0 Å². The Balaban J connectivity index is 2.09. The fraction of sp³-hybridized carbons (Fsp3) is 0.235. The molecule has 0 aromatic heterocycles. The molecule has 0 radical (unpaired) electrons. The Morgan fingerprint density at radius 3 is 2.22 bits per heavy atom. The first-order chi connectivity index (χ1) is 10.9. The second kappa shape index (κ2) is 7.39. The fourth-order valence-electron chi connectivity index (χ4n) is 2.11. The standard InChI is InChI=1S/C17H20N2O3S/c1-3-19(23(21,22)16-7-5-4-6-8-16)13-17(20)18-15-11-9-14(2)10-12-15/h4-12H,3,13H2,1-2H3,(H,18,20). The molecule has 6 heteroatoms. The molecule has 0 spiro atoms. The van der Waals surface area contributed by atoms with Gasteiger partial charge in [-0.2, -0.15) is 4.31 Å². The summed E-state index contributed by atoms with van der Waals surface area (Å²) >= 11 is 0. The highest BCUT2D eigenvalue weighted by Crippen LogP contribution is 2.15. The summed E-state index contributed by atoms with van der Waals surface area (Å²) in [6.45, 7) is 3.66. The molecule has 0 atom stereocenters. The molecule has 122 valence electrons. The maximum atomic E-state index is 12.5. The van der Waals surface area contributed by atoms with Crippen molar-refractivity contribution in [2.75, 3.05) is 18.4 Å². The van der Waals surface area contributed by atoms with Gasteiger partial charge in [-0.15, -0.1) is 0 Å². The van der Waals surface area contributed by atoms with Crippen LogP contribution in [0.4, 0.5) is 5.69 Å². The van der Waals surface area contributed by atoms with Gasteiger partial charge in [0.05, 0.1) is 11.4 Å². The molecule has 5 nitrogen and oxygen atoms in total. The number of nitrogens with one attached hydrogen (secondary N) is 1. The van der Waals surface area contributed by atoms with Crippen LogP contribution in [-0.2, 0) is 14.8 Å². The normalized spacial score (nSPS) is 11.4. The minimum absolute atomic E-state index is 0.185. The van der Waals surface area contributed by atoms with Crippen LogP contribution in [0.3, 0.4) is 0 Å². The predicted molar refractivity (Wildman–Crippen MR) is 90.7 cm³/mol. The van der Waals surface area contributed by atoms with Crippen molar-refractivity contribution < 1.29 is 13.2 Å². The summed E-state index contributed by atoms with van der Waals surface area (Å²) in [5.41, 5.74) is 1.73. The van der Waals surface area contributed by atoms with E-state index in [4.69, 9.17) is 0 Å². The van der Waals surface area contributed by atoms with Gasteiger partial charge < -0.3 is 5.32 Å². The number of anilines is 1. The number of aryl methyl sites for hydroxylation is 1. The Morgan fingerprint density at radius 2 is 1.65 bits per heavy atom. The Kier molecular flexibility index (Phi) is 5.52. The van der Waals surface area contributed by atoms with Crippen molar-refractivity contribution >= 4 is 21.6 Å². The largest absolute Gasteiger partial charge is 0.325 e. The Hall–Kier alpha value is -2.18. The van der Waals surface area contributed by atoms with Gasteiger partial charge in [-0.25, -0.2) is 8.42 Å².